The highest BCUT2D eigenvalue weighted by Crippen LogP contribution is 2.43. The maximum Gasteiger partial charge on any atom is 0.260 e. The van der Waals surface area contributed by atoms with Crippen molar-refractivity contribution in [3.63, 3.8) is 0 Å². The first-order valence-electron chi connectivity index (χ1n) is 9.89. The van der Waals surface area contributed by atoms with Gasteiger partial charge >= 0.3 is 0 Å². The Hall–Kier alpha value is -3.75. The van der Waals surface area contributed by atoms with Gasteiger partial charge in [-0.15, -0.1) is 0 Å². The van der Waals surface area contributed by atoms with Gasteiger partial charge in [-0.1, -0.05) is 40.9 Å². The van der Waals surface area contributed by atoms with Crippen LogP contribution in [0.2, 0.25) is 15.1 Å². The number of halogens is 3. The van der Waals surface area contributed by atoms with Crippen LogP contribution in [0.3, 0.4) is 0 Å². The van der Waals surface area contributed by atoms with Crippen LogP contribution in [0.25, 0.3) is 10.9 Å². The van der Waals surface area contributed by atoms with Gasteiger partial charge in [0.25, 0.3) is 5.56 Å². The maximum atomic E-state index is 12.8. The van der Waals surface area contributed by atoms with Crippen molar-refractivity contribution >= 4 is 68.5 Å². The third-order valence-corrected chi connectivity index (χ3v) is 6.61. The minimum Gasteiger partial charge on any atom is -0.355 e. The zero-order valence-corrected chi connectivity index (χ0v) is 20.1. The number of hydrogen-bond donors (Lipinski definition) is 3. The second-order valence-corrected chi connectivity index (χ2v) is 8.59. The minimum absolute atomic E-state index is 0.0468. The van der Waals surface area contributed by atoms with E-state index in [1.54, 1.807) is 12.1 Å². The lowest BCUT2D eigenvalue weighted by Crippen LogP contribution is -2.10. The quantitative estimate of drug-likeness (QED) is 0.262. The van der Waals surface area contributed by atoms with Crippen LogP contribution in [0.15, 0.2) is 41.5 Å². The number of nitrogens with one attached hydrogen (secondary N) is 3. The van der Waals surface area contributed by atoms with Crippen LogP contribution in [0.1, 0.15) is 22.3 Å². The van der Waals surface area contributed by atoms with Crippen molar-refractivity contribution in [2.24, 2.45) is 0 Å². The van der Waals surface area contributed by atoms with Crippen LogP contribution in [0.4, 0.5) is 22.7 Å². The second-order valence-electron chi connectivity index (χ2n) is 7.46. The van der Waals surface area contributed by atoms with Gasteiger partial charge in [0.1, 0.15) is 17.7 Å². The summed E-state index contributed by atoms with van der Waals surface area (Å²) < 4.78 is 0. The van der Waals surface area contributed by atoms with Crippen molar-refractivity contribution in [1.82, 2.24) is 9.97 Å². The summed E-state index contributed by atoms with van der Waals surface area (Å²) in [5.41, 5.74) is 3.93. The molecule has 0 aliphatic heterocycles. The predicted octanol–water partition coefficient (Wildman–Crippen LogP) is 6.73. The molecule has 0 aliphatic rings. The van der Waals surface area contributed by atoms with Gasteiger partial charge < -0.3 is 15.6 Å². The molecule has 0 radical (unpaired) electrons. The summed E-state index contributed by atoms with van der Waals surface area (Å²) in [5.74, 6) is 0. The molecule has 34 heavy (non-hydrogen) atoms. The van der Waals surface area contributed by atoms with E-state index in [0.29, 0.717) is 22.3 Å². The number of anilines is 4. The molecular weight excluding hydrogens is 495 g/mol. The third-order valence-electron chi connectivity index (χ3n) is 5.38. The van der Waals surface area contributed by atoms with Gasteiger partial charge in [-0.25, -0.2) is 4.98 Å². The van der Waals surface area contributed by atoms with Crippen LogP contribution in [0, 0.1) is 36.5 Å². The summed E-state index contributed by atoms with van der Waals surface area (Å²) in [5, 5.41) is 25.3. The van der Waals surface area contributed by atoms with E-state index in [4.69, 9.17) is 34.8 Å². The average molecular weight is 510 g/mol. The summed E-state index contributed by atoms with van der Waals surface area (Å²) in [6, 6.07) is 13.1. The molecule has 0 saturated heterocycles. The van der Waals surface area contributed by atoms with E-state index < -0.39 is 0 Å². The highest BCUT2D eigenvalue weighted by Gasteiger charge is 2.22. The number of fused-ring (bicyclic) bond motifs is 1. The number of nitrogens with zero attached hydrogens (tertiary/aromatic N) is 3. The Balaban J connectivity index is 1.87. The topological polar surface area (TPSA) is 117 Å². The largest absolute Gasteiger partial charge is 0.355 e. The van der Waals surface area contributed by atoms with Gasteiger partial charge in [0, 0.05) is 5.69 Å². The average Bonchev–Trinajstić information content (AvgIpc) is 2.81. The number of hydrogen-bond acceptors (Lipinski definition) is 6. The number of aromatic nitrogens is 2. The van der Waals surface area contributed by atoms with Crippen LogP contribution >= 0.6 is 34.8 Å². The minimum atomic E-state index is -0.359. The highest BCUT2D eigenvalue weighted by molar-refractivity contribution is 6.46. The molecule has 0 bridgehead atoms. The van der Waals surface area contributed by atoms with Crippen molar-refractivity contribution in [2.45, 2.75) is 13.8 Å². The first-order valence-corrected chi connectivity index (χ1v) is 11.0. The smallest absolute Gasteiger partial charge is 0.260 e. The summed E-state index contributed by atoms with van der Waals surface area (Å²) in [6.07, 6.45) is 1.28. The lowest BCUT2D eigenvalue weighted by atomic mass is 10.1. The summed E-state index contributed by atoms with van der Waals surface area (Å²) in [7, 11) is 0. The molecular formula is C24H15Cl3N6O. The van der Waals surface area contributed by atoms with Gasteiger partial charge in [-0.3, -0.25) is 4.79 Å². The monoisotopic (exact) mass is 508 g/mol. The van der Waals surface area contributed by atoms with Gasteiger partial charge in [0.15, 0.2) is 0 Å². The Labute approximate surface area is 209 Å². The summed E-state index contributed by atoms with van der Waals surface area (Å²) >= 11 is 18.8. The van der Waals surface area contributed by atoms with E-state index in [-0.39, 0.29) is 37.4 Å². The molecule has 7 nitrogen and oxygen atoms in total. The Kier molecular flexibility index (Phi) is 6.37. The number of aromatic amines is 1. The van der Waals surface area contributed by atoms with Gasteiger partial charge in [0.2, 0.25) is 0 Å². The first kappa shape index (κ1) is 23.4. The zero-order valence-electron chi connectivity index (χ0n) is 17.8. The maximum absolute atomic E-state index is 12.8. The normalized spacial score (nSPS) is 10.6. The predicted molar refractivity (Wildman–Crippen MR) is 136 cm³/mol. The fraction of sp³-hybridized carbons (Fsp3) is 0.0833. The SMILES string of the molecule is Cc1ccc(Nc2ccc(Nc3c(Cl)c(Cl)c(C#N)c(Cl)c3C#N)c3nc[nH]c(=O)c23)cc1C. The number of benzene rings is 3. The fourth-order valence-corrected chi connectivity index (χ4v) is 4.27. The lowest BCUT2D eigenvalue weighted by Gasteiger charge is -2.17. The van der Waals surface area contributed by atoms with Crippen LogP contribution in [-0.2, 0) is 0 Å². The molecule has 168 valence electrons. The van der Waals surface area contributed by atoms with Gasteiger partial charge in [-0.05, 0) is 49.2 Å². The Morgan fingerprint density at radius 2 is 1.59 bits per heavy atom. The molecule has 0 atom stereocenters. The molecule has 0 unspecified atom stereocenters. The summed E-state index contributed by atoms with van der Waals surface area (Å²) in [4.78, 5) is 19.7. The molecule has 0 spiro atoms. The van der Waals surface area contributed by atoms with Crippen molar-refractivity contribution in [2.75, 3.05) is 10.6 Å². The first-order chi connectivity index (χ1) is 16.3. The molecule has 10 heteroatoms. The number of H-pyrrole nitrogens is 1. The number of aryl methyl sites for hydroxylation is 2. The van der Waals surface area contributed by atoms with E-state index in [1.165, 1.54) is 6.33 Å². The van der Waals surface area contributed by atoms with Crippen molar-refractivity contribution < 1.29 is 0 Å². The van der Waals surface area contributed by atoms with Crippen LogP contribution in [-0.4, -0.2) is 9.97 Å². The van der Waals surface area contributed by atoms with E-state index in [2.05, 4.69) is 20.6 Å². The molecule has 1 aromatic heterocycles. The molecule has 0 fully saturated rings. The van der Waals surface area contributed by atoms with Crippen molar-refractivity contribution in [3.8, 4) is 12.1 Å². The van der Waals surface area contributed by atoms with E-state index >= 15 is 0 Å². The Bertz CT molecular complexity index is 1620. The second kappa shape index (κ2) is 9.24. The van der Waals surface area contributed by atoms with Gasteiger partial charge in [-0.2, -0.15) is 10.5 Å². The Morgan fingerprint density at radius 1 is 0.882 bits per heavy atom. The number of rotatable bonds is 4. The van der Waals surface area contributed by atoms with Crippen LogP contribution in [0.5, 0.6) is 0 Å². The van der Waals surface area contributed by atoms with Crippen molar-refractivity contribution in [3.05, 3.63) is 84.3 Å². The highest BCUT2D eigenvalue weighted by atomic mass is 35.5. The lowest BCUT2D eigenvalue weighted by molar-refractivity contribution is 1.17. The van der Waals surface area contributed by atoms with E-state index in [1.807, 2.05) is 44.2 Å². The van der Waals surface area contributed by atoms with Gasteiger partial charge in [0.05, 0.1) is 55.0 Å². The molecule has 0 amide bonds. The van der Waals surface area contributed by atoms with E-state index in [0.717, 1.165) is 16.8 Å². The standard InChI is InChI=1S/C24H15Cl3N6O/c1-11-3-4-13(7-12(11)2)32-16-5-6-17(23-18(16)24(34)31-10-30-23)33-22-15(9-29)19(25)14(8-28)20(26)21(22)27/h3-7,10,32-33H,1-2H3,(H,30,31,34). The van der Waals surface area contributed by atoms with E-state index in [9.17, 15) is 15.3 Å². The Morgan fingerprint density at radius 3 is 2.26 bits per heavy atom. The third kappa shape index (κ3) is 4.02. The molecule has 0 aliphatic carbocycles. The van der Waals surface area contributed by atoms with Crippen LogP contribution < -0.4 is 16.2 Å². The number of nitriles is 2. The zero-order chi connectivity index (χ0) is 24.6. The fourth-order valence-electron chi connectivity index (χ4n) is 3.48. The molecule has 1 heterocycles. The molecule has 4 rings (SSSR count). The summed E-state index contributed by atoms with van der Waals surface area (Å²) in [6.45, 7) is 4.02. The van der Waals surface area contributed by atoms with Crippen molar-refractivity contribution in [1.29, 1.82) is 10.5 Å². The molecule has 3 aromatic carbocycles. The molecule has 3 N–H and O–H groups in total. The molecule has 0 saturated carbocycles. The molecule has 4 aromatic rings.